The quantitative estimate of drug-likeness (QED) is 0.569. The Morgan fingerprint density at radius 2 is 1.79 bits per heavy atom. The van der Waals surface area contributed by atoms with Crippen molar-refractivity contribution in [2.24, 2.45) is 0 Å². The summed E-state index contributed by atoms with van der Waals surface area (Å²) in [6.45, 7) is 0.778. The Morgan fingerprint density at radius 1 is 1.11 bits per heavy atom. The van der Waals surface area contributed by atoms with Gasteiger partial charge < -0.3 is 10.1 Å². The van der Waals surface area contributed by atoms with Gasteiger partial charge in [0.2, 0.25) is 0 Å². The summed E-state index contributed by atoms with van der Waals surface area (Å²) in [6, 6.07) is 12.4. The molecule has 100 valence electrons. The molecule has 0 bridgehead atoms. The normalized spacial score (nSPS) is 10.3. The number of anilines is 1. The van der Waals surface area contributed by atoms with Crippen LogP contribution in [0.2, 0.25) is 0 Å². The molecular formula is C14H12Br2INO. The molecule has 0 aromatic heterocycles. The van der Waals surface area contributed by atoms with E-state index in [2.05, 4.69) is 84.0 Å². The molecule has 0 saturated carbocycles. The molecule has 0 heterocycles. The number of ether oxygens (including phenoxy) is 1. The average Bonchev–Trinajstić information content (AvgIpc) is 2.40. The van der Waals surface area contributed by atoms with Gasteiger partial charge in [-0.05, 0) is 78.2 Å². The maximum Gasteiger partial charge on any atom is 0.135 e. The first-order valence-electron chi connectivity index (χ1n) is 5.61. The van der Waals surface area contributed by atoms with Crippen molar-refractivity contribution < 1.29 is 4.74 Å². The predicted octanol–water partition coefficient (Wildman–Crippen LogP) is 5.44. The molecule has 0 radical (unpaired) electrons. The SMILES string of the molecule is COc1cc(NCc2ccc(I)cc2)c(Br)cc1Br. The Hall–Kier alpha value is -0.270. The van der Waals surface area contributed by atoms with Crippen molar-refractivity contribution in [1.82, 2.24) is 0 Å². The Balaban J connectivity index is 2.13. The molecule has 2 aromatic carbocycles. The lowest BCUT2D eigenvalue weighted by Crippen LogP contribution is -2.00. The van der Waals surface area contributed by atoms with E-state index in [9.17, 15) is 0 Å². The minimum atomic E-state index is 0.778. The number of hydrogen-bond donors (Lipinski definition) is 1. The molecular weight excluding hydrogens is 485 g/mol. The van der Waals surface area contributed by atoms with Crippen LogP contribution in [-0.4, -0.2) is 7.11 Å². The van der Waals surface area contributed by atoms with E-state index in [1.807, 2.05) is 12.1 Å². The lowest BCUT2D eigenvalue weighted by atomic mass is 10.2. The van der Waals surface area contributed by atoms with Gasteiger partial charge in [0.1, 0.15) is 5.75 Å². The second kappa shape index (κ2) is 6.95. The minimum absolute atomic E-state index is 0.778. The zero-order chi connectivity index (χ0) is 13.8. The van der Waals surface area contributed by atoms with Crippen molar-refractivity contribution in [3.05, 3.63) is 54.5 Å². The number of benzene rings is 2. The summed E-state index contributed by atoms with van der Waals surface area (Å²) in [5.41, 5.74) is 2.26. The molecule has 0 aliphatic heterocycles. The second-order valence-corrected chi connectivity index (χ2v) is 6.90. The van der Waals surface area contributed by atoms with E-state index in [-0.39, 0.29) is 0 Å². The van der Waals surface area contributed by atoms with E-state index in [0.29, 0.717) is 0 Å². The average molecular weight is 497 g/mol. The lowest BCUT2D eigenvalue weighted by Gasteiger charge is -2.12. The molecule has 0 spiro atoms. The molecule has 0 fully saturated rings. The third-order valence-corrected chi connectivity index (χ3v) is 4.63. The van der Waals surface area contributed by atoms with Crippen LogP contribution < -0.4 is 10.1 Å². The fourth-order valence-electron chi connectivity index (χ4n) is 1.62. The summed E-state index contributed by atoms with van der Waals surface area (Å²) in [4.78, 5) is 0. The maximum absolute atomic E-state index is 5.30. The van der Waals surface area contributed by atoms with Gasteiger partial charge >= 0.3 is 0 Å². The highest BCUT2D eigenvalue weighted by Crippen LogP contribution is 2.34. The first kappa shape index (κ1) is 15.1. The van der Waals surface area contributed by atoms with Crippen LogP contribution >= 0.6 is 54.5 Å². The standard InChI is InChI=1S/C14H12Br2INO/c1-19-14-7-13(11(15)6-12(14)16)18-8-9-2-4-10(17)5-3-9/h2-7,18H,8H2,1H3. The van der Waals surface area contributed by atoms with E-state index in [0.717, 1.165) is 26.9 Å². The minimum Gasteiger partial charge on any atom is -0.495 e. The summed E-state index contributed by atoms with van der Waals surface area (Å²) >= 11 is 9.31. The highest BCUT2D eigenvalue weighted by Gasteiger charge is 2.06. The summed E-state index contributed by atoms with van der Waals surface area (Å²) in [5.74, 6) is 0.813. The molecule has 0 unspecified atom stereocenters. The smallest absolute Gasteiger partial charge is 0.135 e. The highest BCUT2D eigenvalue weighted by molar-refractivity contribution is 14.1. The Morgan fingerprint density at radius 3 is 2.42 bits per heavy atom. The largest absolute Gasteiger partial charge is 0.495 e. The lowest BCUT2D eigenvalue weighted by molar-refractivity contribution is 0.412. The van der Waals surface area contributed by atoms with Gasteiger partial charge in [0.15, 0.2) is 0 Å². The van der Waals surface area contributed by atoms with Crippen LogP contribution in [-0.2, 0) is 6.54 Å². The fourth-order valence-corrected chi connectivity index (χ4v) is 3.28. The van der Waals surface area contributed by atoms with E-state index in [1.165, 1.54) is 9.13 Å². The van der Waals surface area contributed by atoms with Crippen LogP contribution in [0.3, 0.4) is 0 Å². The topological polar surface area (TPSA) is 21.3 Å². The van der Waals surface area contributed by atoms with Crippen molar-refractivity contribution in [2.75, 3.05) is 12.4 Å². The van der Waals surface area contributed by atoms with Crippen LogP contribution in [0.25, 0.3) is 0 Å². The molecule has 2 aromatic rings. The third-order valence-electron chi connectivity index (χ3n) is 2.64. The van der Waals surface area contributed by atoms with E-state index >= 15 is 0 Å². The number of halogens is 3. The summed E-state index contributed by atoms with van der Waals surface area (Å²) in [5, 5.41) is 3.40. The molecule has 0 saturated heterocycles. The highest BCUT2D eigenvalue weighted by atomic mass is 127. The molecule has 0 aliphatic carbocycles. The van der Waals surface area contributed by atoms with Crippen LogP contribution in [0.4, 0.5) is 5.69 Å². The van der Waals surface area contributed by atoms with Crippen LogP contribution in [0.15, 0.2) is 45.3 Å². The van der Waals surface area contributed by atoms with Gasteiger partial charge in [0.05, 0.1) is 17.3 Å². The number of hydrogen-bond acceptors (Lipinski definition) is 2. The monoisotopic (exact) mass is 495 g/mol. The summed E-state index contributed by atoms with van der Waals surface area (Å²) in [7, 11) is 1.66. The van der Waals surface area contributed by atoms with Crippen molar-refractivity contribution in [1.29, 1.82) is 0 Å². The van der Waals surface area contributed by atoms with Crippen LogP contribution in [0.5, 0.6) is 5.75 Å². The van der Waals surface area contributed by atoms with Crippen molar-refractivity contribution in [3.8, 4) is 5.75 Å². The molecule has 0 amide bonds. The van der Waals surface area contributed by atoms with Gasteiger partial charge in [-0.2, -0.15) is 0 Å². The van der Waals surface area contributed by atoms with Gasteiger partial charge in [-0.25, -0.2) is 0 Å². The number of rotatable bonds is 4. The van der Waals surface area contributed by atoms with Crippen LogP contribution in [0.1, 0.15) is 5.56 Å². The van der Waals surface area contributed by atoms with Crippen LogP contribution in [0, 0.1) is 3.57 Å². The second-order valence-electron chi connectivity index (χ2n) is 3.95. The third kappa shape index (κ3) is 4.10. The zero-order valence-corrected chi connectivity index (χ0v) is 15.5. The van der Waals surface area contributed by atoms with Gasteiger partial charge in [-0.1, -0.05) is 12.1 Å². The van der Waals surface area contributed by atoms with Gasteiger partial charge in [0.25, 0.3) is 0 Å². The Labute approximate surface area is 143 Å². The van der Waals surface area contributed by atoms with E-state index in [1.54, 1.807) is 7.11 Å². The van der Waals surface area contributed by atoms with Gasteiger partial charge in [-0.3, -0.25) is 0 Å². The fraction of sp³-hybridized carbons (Fsp3) is 0.143. The predicted molar refractivity (Wildman–Crippen MR) is 94.9 cm³/mol. The molecule has 2 nitrogen and oxygen atoms in total. The molecule has 1 N–H and O–H groups in total. The maximum atomic E-state index is 5.30. The zero-order valence-electron chi connectivity index (χ0n) is 10.2. The first-order valence-corrected chi connectivity index (χ1v) is 8.28. The summed E-state index contributed by atoms with van der Waals surface area (Å²) < 4.78 is 8.48. The van der Waals surface area contributed by atoms with Crippen molar-refractivity contribution in [3.63, 3.8) is 0 Å². The molecule has 0 atom stereocenters. The van der Waals surface area contributed by atoms with E-state index < -0.39 is 0 Å². The molecule has 5 heteroatoms. The van der Waals surface area contributed by atoms with Crippen molar-refractivity contribution in [2.45, 2.75) is 6.54 Å². The first-order chi connectivity index (χ1) is 9.10. The number of methoxy groups -OCH3 is 1. The molecule has 0 aliphatic rings. The Kier molecular flexibility index (Phi) is 5.53. The molecule has 19 heavy (non-hydrogen) atoms. The van der Waals surface area contributed by atoms with Gasteiger partial charge in [0, 0.05) is 20.7 Å². The van der Waals surface area contributed by atoms with Gasteiger partial charge in [-0.15, -0.1) is 0 Å². The number of nitrogens with one attached hydrogen (secondary N) is 1. The molecule has 2 rings (SSSR count). The van der Waals surface area contributed by atoms with E-state index in [4.69, 9.17) is 4.74 Å². The summed E-state index contributed by atoms with van der Waals surface area (Å²) in [6.07, 6.45) is 0. The van der Waals surface area contributed by atoms with Crippen molar-refractivity contribution >= 4 is 60.1 Å². The Bertz CT molecular complexity index is 572.